The maximum atomic E-state index is 12.6. The molecule has 3 aromatic heterocycles. The molecule has 0 unspecified atom stereocenters. The van der Waals surface area contributed by atoms with Gasteiger partial charge < -0.3 is 25.4 Å². The Kier molecular flexibility index (Phi) is 5.80. The minimum absolute atomic E-state index is 0.0238. The number of carbonyl (C=O) groups excluding carboxylic acids is 2. The number of aromatic nitrogens is 3. The van der Waals surface area contributed by atoms with Crippen LogP contribution in [-0.2, 0) is 15.1 Å². The molecule has 3 aromatic rings. The topological polar surface area (TPSA) is 133 Å². The number of cyclic esters (lactones) is 1. The molecule has 10 heteroatoms. The zero-order valence-corrected chi connectivity index (χ0v) is 22.9. The number of pyridine rings is 3. The van der Waals surface area contributed by atoms with E-state index in [9.17, 15) is 9.59 Å². The number of likely N-dealkylation sites (tertiary alicyclic amines) is 1. The predicted molar refractivity (Wildman–Crippen MR) is 146 cm³/mol. The molecule has 6 rings (SSSR count). The van der Waals surface area contributed by atoms with Crippen LogP contribution < -0.4 is 15.8 Å². The van der Waals surface area contributed by atoms with Crippen LogP contribution in [0.3, 0.4) is 0 Å². The molecular formula is C29H34N6O4. The van der Waals surface area contributed by atoms with E-state index >= 15 is 0 Å². The van der Waals surface area contributed by atoms with Crippen molar-refractivity contribution in [2.45, 2.75) is 71.1 Å². The normalized spacial score (nSPS) is 22.1. The van der Waals surface area contributed by atoms with Crippen molar-refractivity contribution in [1.82, 2.24) is 19.9 Å². The number of fused-ring (bicyclic) bond motifs is 2. The Morgan fingerprint density at radius 2 is 1.90 bits per heavy atom. The highest BCUT2D eigenvalue weighted by molar-refractivity contribution is 5.93. The molecule has 204 valence electrons. The average molecular weight is 531 g/mol. The van der Waals surface area contributed by atoms with Crippen LogP contribution in [0.1, 0.15) is 75.0 Å². The van der Waals surface area contributed by atoms with Crippen molar-refractivity contribution >= 4 is 34.3 Å². The lowest BCUT2D eigenvalue weighted by molar-refractivity contribution is -0.145. The Balaban J connectivity index is 1.27. The number of esters is 1. The average Bonchev–Trinajstić information content (AvgIpc) is 3.61. The van der Waals surface area contributed by atoms with Gasteiger partial charge in [0.2, 0.25) is 11.8 Å². The highest BCUT2D eigenvalue weighted by atomic mass is 16.5. The fourth-order valence-electron chi connectivity index (χ4n) is 5.16. The highest BCUT2D eigenvalue weighted by Crippen LogP contribution is 2.47. The highest BCUT2D eigenvalue weighted by Gasteiger charge is 2.50. The van der Waals surface area contributed by atoms with E-state index in [4.69, 9.17) is 20.2 Å². The second kappa shape index (κ2) is 8.87. The lowest BCUT2D eigenvalue weighted by Crippen LogP contribution is -2.57. The fourth-order valence-corrected chi connectivity index (χ4v) is 5.16. The summed E-state index contributed by atoms with van der Waals surface area (Å²) in [5.74, 6) is 1.47. The van der Waals surface area contributed by atoms with Crippen molar-refractivity contribution < 1.29 is 19.1 Å². The summed E-state index contributed by atoms with van der Waals surface area (Å²) in [5, 5.41) is 4.89. The van der Waals surface area contributed by atoms with Gasteiger partial charge in [0.15, 0.2) is 0 Å². The Bertz CT molecular complexity index is 1490. The second-order valence-electron chi connectivity index (χ2n) is 12.0. The number of carbonyl (C=O) groups is 2. The minimum atomic E-state index is -0.655. The van der Waals surface area contributed by atoms with Gasteiger partial charge >= 0.3 is 5.97 Å². The molecule has 0 aromatic carbocycles. The molecule has 2 fully saturated rings. The predicted octanol–water partition coefficient (Wildman–Crippen LogP) is 4.01. The van der Waals surface area contributed by atoms with E-state index in [-0.39, 0.29) is 35.4 Å². The number of nitrogens with two attached hydrogens (primary N) is 1. The van der Waals surface area contributed by atoms with Crippen LogP contribution in [0, 0.1) is 5.41 Å². The molecule has 3 N–H and O–H groups in total. The van der Waals surface area contributed by atoms with Crippen LogP contribution in [0.4, 0.5) is 11.6 Å². The summed E-state index contributed by atoms with van der Waals surface area (Å²) < 4.78 is 11.6. The van der Waals surface area contributed by atoms with E-state index in [1.54, 1.807) is 24.5 Å². The number of nitrogens with one attached hydrogen (secondary N) is 1. The van der Waals surface area contributed by atoms with Gasteiger partial charge in [-0.05, 0) is 62.8 Å². The summed E-state index contributed by atoms with van der Waals surface area (Å²) in [6.45, 7) is 10.9. The van der Waals surface area contributed by atoms with Crippen molar-refractivity contribution in [3.8, 4) is 5.88 Å². The number of anilines is 2. The third kappa shape index (κ3) is 4.56. The Hall–Kier alpha value is -3.79. The molecule has 0 radical (unpaired) electrons. The van der Waals surface area contributed by atoms with Gasteiger partial charge in [0.25, 0.3) is 0 Å². The molecule has 1 amide bonds. The number of amides is 1. The maximum Gasteiger partial charge on any atom is 0.340 e. The third-order valence-corrected chi connectivity index (χ3v) is 8.19. The number of hydrogen-bond acceptors (Lipinski definition) is 9. The second-order valence-corrected chi connectivity index (χ2v) is 12.0. The van der Waals surface area contributed by atoms with E-state index in [1.807, 2.05) is 45.6 Å². The van der Waals surface area contributed by atoms with Crippen LogP contribution >= 0.6 is 0 Å². The molecule has 2 atom stereocenters. The zero-order chi connectivity index (χ0) is 27.7. The van der Waals surface area contributed by atoms with Crippen LogP contribution in [-0.4, -0.2) is 57.0 Å². The number of ether oxygens (including phenoxy) is 2. The molecule has 39 heavy (non-hydrogen) atoms. The Labute approximate surface area is 227 Å². The maximum absolute atomic E-state index is 12.6. The summed E-state index contributed by atoms with van der Waals surface area (Å²) in [7, 11) is 0. The number of hydrogen-bond donors (Lipinski definition) is 2. The van der Waals surface area contributed by atoms with Crippen LogP contribution in [0.25, 0.3) is 10.8 Å². The quantitative estimate of drug-likeness (QED) is 0.454. The molecular weight excluding hydrogens is 496 g/mol. The van der Waals surface area contributed by atoms with Gasteiger partial charge in [-0.1, -0.05) is 13.8 Å². The van der Waals surface area contributed by atoms with E-state index in [0.29, 0.717) is 41.9 Å². The van der Waals surface area contributed by atoms with E-state index in [2.05, 4.69) is 15.3 Å². The molecule has 1 saturated carbocycles. The lowest BCUT2D eigenvalue weighted by Gasteiger charge is -2.40. The van der Waals surface area contributed by atoms with Gasteiger partial charge in [-0.15, -0.1) is 0 Å². The standard InChI is InChI=1S/C29H34N6O4/c1-15-16(2)38-26(36)18-6-7-22(34-24(15)18)33-23-10-19-20(11-31-23)25(32-12-21(19)28(3,4)30)39-17-13-35(14-17)27(37)29(5)8-9-29/h6-7,10-12,15-17H,8-9,13-14,30H2,1-5H3,(H,31,33,34)/t15-,16-/m0/s1. The van der Waals surface area contributed by atoms with Crippen molar-refractivity contribution in [2.24, 2.45) is 11.1 Å². The summed E-state index contributed by atoms with van der Waals surface area (Å²) in [4.78, 5) is 40.6. The van der Waals surface area contributed by atoms with Crippen LogP contribution in [0.2, 0.25) is 0 Å². The van der Waals surface area contributed by atoms with Crippen molar-refractivity contribution in [1.29, 1.82) is 0 Å². The van der Waals surface area contributed by atoms with Gasteiger partial charge in [0.1, 0.15) is 23.8 Å². The minimum Gasteiger partial charge on any atom is -0.470 e. The first-order valence-electron chi connectivity index (χ1n) is 13.5. The monoisotopic (exact) mass is 530 g/mol. The summed E-state index contributed by atoms with van der Waals surface area (Å²) in [6, 6.07) is 5.39. The number of nitrogens with zero attached hydrogens (tertiary/aromatic N) is 4. The third-order valence-electron chi connectivity index (χ3n) is 8.19. The van der Waals surface area contributed by atoms with Crippen molar-refractivity contribution in [3.63, 3.8) is 0 Å². The number of rotatable bonds is 6. The molecule has 2 aliphatic heterocycles. The van der Waals surface area contributed by atoms with Crippen LogP contribution in [0.15, 0.2) is 30.6 Å². The van der Waals surface area contributed by atoms with Crippen molar-refractivity contribution in [3.05, 3.63) is 47.4 Å². The molecule has 5 heterocycles. The molecule has 10 nitrogen and oxygen atoms in total. The van der Waals surface area contributed by atoms with Gasteiger partial charge in [0.05, 0.1) is 29.7 Å². The van der Waals surface area contributed by atoms with E-state index < -0.39 is 5.54 Å². The fraction of sp³-hybridized carbons (Fsp3) is 0.483. The SMILES string of the molecule is C[C@@H]1OC(=O)c2ccc(Nc3cc4c(C(C)(C)N)cnc(OC5CN(C(=O)C6(C)CC6)C5)c4cn3)nc2[C@H]1C. The summed E-state index contributed by atoms with van der Waals surface area (Å²) >= 11 is 0. The summed E-state index contributed by atoms with van der Waals surface area (Å²) in [6.07, 6.45) is 5.04. The Morgan fingerprint density at radius 1 is 1.15 bits per heavy atom. The first-order chi connectivity index (χ1) is 18.4. The molecule has 0 spiro atoms. The summed E-state index contributed by atoms with van der Waals surface area (Å²) in [5.41, 5.74) is 7.72. The smallest absolute Gasteiger partial charge is 0.340 e. The van der Waals surface area contributed by atoms with Gasteiger partial charge in [-0.3, -0.25) is 4.79 Å². The molecule has 3 aliphatic rings. The van der Waals surface area contributed by atoms with Gasteiger partial charge in [-0.25, -0.2) is 19.7 Å². The van der Waals surface area contributed by atoms with Gasteiger partial charge in [0, 0.05) is 29.3 Å². The van der Waals surface area contributed by atoms with Gasteiger partial charge in [-0.2, -0.15) is 0 Å². The lowest BCUT2D eigenvalue weighted by atomic mass is 9.93. The Morgan fingerprint density at radius 3 is 2.59 bits per heavy atom. The van der Waals surface area contributed by atoms with Crippen molar-refractivity contribution in [2.75, 3.05) is 18.4 Å². The first-order valence-corrected chi connectivity index (χ1v) is 13.5. The molecule has 1 saturated heterocycles. The molecule has 0 bridgehead atoms. The van der Waals surface area contributed by atoms with E-state index in [1.165, 1.54) is 0 Å². The largest absolute Gasteiger partial charge is 0.470 e. The molecule has 1 aliphatic carbocycles. The zero-order valence-electron chi connectivity index (χ0n) is 22.9. The van der Waals surface area contributed by atoms with Crippen LogP contribution in [0.5, 0.6) is 5.88 Å². The van der Waals surface area contributed by atoms with E-state index in [0.717, 1.165) is 29.2 Å². The first kappa shape index (κ1) is 25.5.